The Morgan fingerprint density at radius 3 is 2.88 bits per heavy atom. The molecule has 1 fully saturated rings. The molecule has 1 aromatic carbocycles. The number of rotatable bonds is 1. The van der Waals surface area contributed by atoms with E-state index in [1.54, 1.807) is 0 Å². The predicted molar refractivity (Wildman–Crippen MR) is 61.4 cm³/mol. The maximum absolute atomic E-state index is 11.4. The quantitative estimate of drug-likeness (QED) is 0.621. The van der Waals surface area contributed by atoms with Crippen LogP contribution < -0.4 is 16.0 Å². The van der Waals surface area contributed by atoms with E-state index < -0.39 is 0 Å². The molecule has 1 unspecified atom stereocenters. The Morgan fingerprint density at radius 2 is 2.06 bits per heavy atom. The van der Waals surface area contributed by atoms with Gasteiger partial charge in [0.25, 0.3) is 5.91 Å². The SMILES string of the molecule is O=C1CNCC(c2ccc3c(c2)CNC3=O)N1. The number of fused-ring (bicyclic) bond motifs is 1. The fourth-order valence-corrected chi connectivity index (χ4v) is 2.30. The van der Waals surface area contributed by atoms with Gasteiger partial charge in [-0.3, -0.25) is 9.59 Å². The number of carbonyl (C=O) groups is 2. The highest BCUT2D eigenvalue weighted by Gasteiger charge is 2.23. The lowest BCUT2D eigenvalue weighted by Crippen LogP contribution is -2.47. The number of amides is 2. The van der Waals surface area contributed by atoms with Gasteiger partial charge in [-0.2, -0.15) is 0 Å². The molecule has 0 aromatic heterocycles. The Balaban J connectivity index is 1.89. The van der Waals surface area contributed by atoms with E-state index in [0.717, 1.165) is 23.2 Å². The first-order valence-electron chi connectivity index (χ1n) is 5.65. The number of hydrogen-bond donors (Lipinski definition) is 3. The van der Waals surface area contributed by atoms with E-state index in [0.29, 0.717) is 13.1 Å². The van der Waals surface area contributed by atoms with E-state index in [9.17, 15) is 9.59 Å². The molecule has 2 amide bonds. The molecule has 5 heteroatoms. The third-order valence-corrected chi connectivity index (χ3v) is 3.18. The van der Waals surface area contributed by atoms with Crippen LogP contribution >= 0.6 is 0 Å². The first kappa shape index (κ1) is 10.3. The van der Waals surface area contributed by atoms with Crippen molar-refractivity contribution in [2.75, 3.05) is 13.1 Å². The number of carbonyl (C=O) groups excluding carboxylic acids is 2. The van der Waals surface area contributed by atoms with Crippen LogP contribution in [0.15, 0.2) is 18.2 Å². The van der Waals surface area contributed by atoms with Crippen molar-refractivity contribution in [3.8, 4) is 0 Å². The fraction of sp³-hybridized carbons (Fsp3) is 0.333. The Bertz CT molecular complexity index is 499. The van der Waals surface area contributed by atoms with E-state index in [1.807, 2.05) is 18.2 Å². The summed E-state index contributed by atoms with van der Waals surface area (Å²) in [5, 5.41) is 8.78. The number of piperazine rings is 1. The van der Waals surface area contributed by atoms with E-state index in [1.165, 1.54) is 0 Å². The van der Waals surface area contributed by atoms with Gasteiger partial charge in [0.05, 0.1) is 12.6 Å². The van der Waals surface area contributed by atoms with Gasteiger partial charge in [-0.15, -0.1) is 0 Å². The lowest BCUT2D eigenvalue weighted by atomic mass is 10.00. The maximum atomic E-state index is 11.4. The molecule has 2 heterocycles. The molecule has 0 saturated carbocycles. The lowest BCUT2D eigenvalue weighted by Gasteiger charge is -2.24. The topological polar surface area (TPSA) is 70.2 Å². The molecule has 0 spiro atoms. The first-order valence-corrected chi connectivity index (χ1v) is 5.65. The van der Waals surface area contributed by atoms with Gasteiger partial charge in [0.2, 0.25) is 5.91 Å². The van der Waals surface area contributed by atoms with Crippen molar-refractivity contribution in [2.24, 2.45) is 0 Å². The van der Waals surface area contributed by atoms with Crippen LogP contribution in [0.5, 0.6) is 0 Å². The lowest BCUT2D eigenvalue weighted by molar-refractivity contribution is -0.122. The van der Waals surface area contributed by atoms with Gasteiger partial charge in [-0.25, -0.2) is 0 Å². The molecule has 17 heavy (non-hydrogen) atoms. The van der Waals surface area contributed by atoms with E-state index >= 15 is 0 Å². The third-order valence-electron chi connectivity index (χ3n) is 3.18. The molecule has 1 atom stereocenters. The van der Waals surface area contributed by atoms with Crippen LogP contribution in [0.25, 0.3) is 0 Å². The second-order valence-electron chi connectivity index (χ2n) is 4.35. The van der Waals surface area contributed by atoms with E-state index in [-0.39, 0.29) is 17.9 Å². The first-order chi connectivity index (χ1) is 8.24. The molecule has 0 bridgehead atoms. The van der Waals surface area contributed by atoms with Gasteiger partial charge >= 0.3 is 0 Å². The average Bonchev–Trinajstić information content (AvgIpc) is 2.71. The molecule has 5 nitrogen and oxygen atoms in total. The van der Waals surface area contributed by atoms with E-state index in [4.69, 9.17) is 0 Å². The van der Waals surface area contributed by atoms with Gasteiger partial charge in [-0.1, -0.05) is 12.1 Å². The standard InChI is InChI=1S/C12H13N3O2/c16-11-6-13-5-10(15-11)7-1-2-9-8(3-7)4-14-12(9)17/h1-3,10,13H,4-6H2,(H,14,17)(H,15,16). The van der Waals surface area contributed by atoms with Gasteiger partial charge in [0.15, 0.2) is 0 Å². The molecule has 0 aliphatic carbocycles. The zero-order valence-corrected chi connectivity index (χ0v) is 9.25. The van der Waals surface area contributed by atoms with Crippen LogP contribution in [-0.2, 0) is 11.3 Å². The molecule has 1 saturated heterocycles. The Hall–Kier alpha value is -1.88. The molecule has 1 aromatic rings. The zero-order valence-electron chi connectivity index (χ0n) is 9.25. The molecule has 3 N–H and O–H groups in total. The second kappa shape index (κ2) is 3.85. The number of hydrogen-bond acceptors (Lipinski definition) is 3. The summed E-state index contributed by atoms with van der Waals surface area (Å²) in [5.74, 6) is -0.00620. The predicted octanol–water partition coefficient (Wildman–Crippen LogP) is -0.310. The Kier molecular flexibility index (Phi) is 2.33. The van der Waals surface area contributed by atoms with Crippen molar-refractivity contribution in [2.45, 2.75) is 12.6 Å². The van der Waals surface area contributed by atoms with Crippen LogP contribution in [-0.4, -0.2) is 24.9 Å². The van der Waals surface area contributed by atoms with Gasteiger partial charge in [-0.05, 0) is 17.2 Å². The van der Waals surface area contributed by atoms with Crippen LogP contribution in [0, 0.1) is 0 Å². The van der Waals surface area contributed by atoms with Crippen molar-refractivity contribution in [1.29, 1.82) is 0 Å². The highest BCUT2D eigenvalue weighted by molar-refractivity contribution is 5.98. The largest absolute Gasteiger partial charge is 0.348 e. The second-order valence-corrected chi connectivity index (χ2v) is 4.35. The zero-order chi connectivity index (χ0) is 11.8. The van der Waals surface area contributed by atoms with Crippen molar-refractivity contribution < 1.29 is 9.59 Å². The normalized spacial score (nSPS) is 22.9. The molecular weight excluding hydrogens is 218 g/mol. The van der Waals surface area contributed by atoms with E-state index in [2.05, 4.69) is 16.0 Å². The monoisotopic (exact) mass is 231 g/mol. The summed E-state index contributed by atoms with van der Waals surface area (Å²) in [4.78, 5) is 22.7. The van der Waals surface area contributed by atoms with Crippen LogP contribution in [0.1, 0.15) is 27.5 Å². The minimum Gasteiger partial charge on any atom is -0.348 e. The Labute approximate surface area is 98.6 Å². The summed E-state index contributed by atoms with van der Waals surface area (Å²) in [6, 6.07) is 5.72. The Morgan fingerprint density at radius 1 is 1.18 bits per heavy atom. The van der Waals surface area contributed by atoms with Crippen molar-refractivity contribution >= 4 is 11.8 Å². The third kappa shape index (κ3) is 1.78. The minimum atomic E-state index is -0.0163. The molecular formula is C12H13N3O2. The average molecular weight is 231 g/mol. The number of nitrogens with one attached hydrogen (secondary N) is 3. The molecule has 2 aliphatic rings. The van der Waals surface area contributed by atoms with Gasteiger partial charge in [0, 0.05) is 18.7 Å². The maximum Gasteiger partial charge on any atom is 0.251 e. The smallest absolute Gasteiger partial charge is 0.251 e. The van der Waals surface area contributed by atoms with Gasteiger partial charge < -0.3 is 16.0 Å². The highest BCUT2D eigenvalue weighted by atomic mass is 16.2. The van der Waals surface area contributed by atoms with Crippen molar-refractivity contribution in [3.63, 3.8) is 0 Å². The summed E-state index contributed by atoms with van der Waals surface area (Å²) >= 11 is 0. The summed E-state index contributed by atoms with van der Waals surface area (Å²) in [6.07, 6.45) is 0. The molecule has 3 rings (SSSR count). The summed E-state index contributed by atoms with van der Waals surface area (Å²) in [7, 11) is 0. The number of benzene rings is 1. The highest BCUT2D eigenvalue weighted by Crippen LogP contribution is 2.21. The fourth-order valence-electron chi connectivity index (χ4n) is 2.30. The van der Waals surface area contributed by atoms with Crippen molar-refractivity contribution in [1.82, 2.24) is 16.0 Å². The molecule has 88 valence electrons. The van der Waals surface area contributed by atoms with Crippen LogP contribution in [0.2, 0.25) is 0 Å². The van der Waals surface area contributed by atoms with Crippen LogP contribution in [0.3, 0.4) is 0 Å². The molecule has 2 aliphatic heterocycles. The summed E-state index contributed by atoms with van der Waals surface area (Å²) in [6.45, 7) is 1.68. The summed E-state index contributed by atoms with van der Waals surface area (Å²) in [5.41, 5.74) is 2.79. The molecule has 0 radical (unpaired) electrons. The van der Waals surface area contributed by atoms with Crippen LogP contribution in [0.4, 0.5) is 0 Å². The summed E-state index contributed by atoms with van der Waals surface area (Å²) < 4.78 is 0. The van der Waals surface area contributed by atoms with Crippen molar-refractivity contribution in [3.05, 3.63) is 34.9 Å². The minimum absolute atomic E-state index is 0.00254. The van der Waals surface area contributed by atoms with Gasteiger partial charge in [0.1, 0.15) is 0 Å².